The molecule has 0 amide bonds. The van der Waals surface area contributed by atoms with Gasteiger partial charge < -0.3 is 5.32 Å². The Morgan fingerprint density at radius 3 is 2.78 bits per heavy atom. The molecule has 100 valence electrons. The lowest BCUT2D eigenvalue weighted by Gasteiger charge is -2.13. The van der Waals surface area contributed by atoms with Gasteiger partial charge in [0, 0.05) is 24.8 Å². The second-order valence-electron chi connectivity index (χ2n) is 3.88. The fraction of sp³-hybridized carbons (Fsp3) is 0.545. The summed E-state index contributed by atoms with van der Waals surface area (Å²) in [4.78, 5) is 0. The zero-order valence-corrected chi connectivity index (χ0v) is 11.6. The minimum Gasteiger partial charge on any atom is -0.313 e. The minimum atomic E-state index is -3.63. The van der Waals surface area contributed by atoms with Crippen molar-refractivity contribution in [3.8, 4) is 12.3 Å². The second kappa shape index (κ2) is 6.00. The summed E-state index contributed by atoms with van der Waals surface area (Å²) in [5, 5.41) is 9.71. The van der Waals surface area contributed by atoms with Crippen molar-refractivity contribution in [2.75, 3.05) is 20.1 Å². The highest BCUT2D eigenvalue weighted by molar-refractivity contribution is 7.89. The van der Waals surface area contributed by atoms with Crippen molar-refractivity contribution in [1.82, 2.24) is 19.8 Å². The number of nitrogens with zero attached hydrogens (tertiary/aromatic N) is 2. The van der Waals surface area contributed by atoms with Gasteiger partial charge in [-0.2, -0.15) is 9.40 Å². The van der Waals surface area contributed by atoms with Crippen molar-refractivity contribution in [3.63, 3.8) is 0 Å². The van der Waals surface area contributed by atoms with Gasteiger partial charge in [0.15, 0.2) is 5.03 Å². The average Bonchev–Trinajstić information content (AvgIpc) is 2.69. The Hall–Kier alpha value is -1.36. The Morgan fingerprint density at radius 1 is 1.56 bits per heavy atom. The zero-order valence-electron chi connectivity index (χ0n) is 10.8. The van der Waals surface area contributed by atoms with Crippen LogP contribution in [0.1, 0.15) is 18.2 Å². The first kappa shape index (κ1) is 14.7. The molecule has 0 aliphatic carbocycles. The van der Waals surface area contributed by atoms with Crippen LogP contribution < -0.4 is 5.32 Å². The van der Waals surface area contributed by atoms with Gasteiger partial charge in [0.2, 0.25) is 0 Å². The lowest BCUT2D eigenvalue weighted by atomic mass is 10.2. The van der Waals surface area contributed by atoms with Crippen LogP contribution in [-0.2, 0) is 16.6 Å². The molecule has 7 heteroatoms. The number of aromatic amines is 1. The molecule has 1 rings (SSSR count). The number of aryl methyl sites for hydroxylation is 1. The van der Waals surface area contributed by atoms with Crippen molar-refractivity contribution in [2.45, 2.75) is 25.4 Å². The summed E-state index contributed by atoms with van der Waals surface area (Å²) >= 11 is 0. The maximum Gasteiger partial charge on any atom is 0.263 e. The normalized spacial score (nSPS) is 11.7. The molecule has 1 aromatic rings. The van der Waals surface area contributed by atoms with E-state index in [0.29, 0.717) is 12.1 Å². The summed E-state index contributed by atoms with van der Waals surface area (Å²) < 4.78 is 25.6. The highest BCUT2D eigenvalue weighted by Gasteiger charge is 2.27. The predicted octanol–water partition coefficient (Wildman–Crippen LogP) is 0.0813. The standard InChI is InChI=1S/C11H18N4O2S/c1-5-7-15(4)18(16,17)11-10(8-12-6-2)9(3)13-14-11/h1,12H,6-8H2,2-4H3,(H,13,14). The van der Waals surface area contributed by atoms with E-state index in [1.54, 1.807) is 6.92 Å². The first-order valence-corrected chi connectivity index (χ1v) is 7.03. The molecule has 0 fully saturated rings. The molecule has 0 spiro atoms. The van der Waals surface area contributed by atoms with Crippen LogP contribution in [0.4, 0.5) is 0 Å². The first-order chi connectivity index (χ1) is 8.45. The molecule has 0 saturated heterocycles. The molecular formula is C11H18N4O2S. The molecule has 0 aliphatic rings. The molecule has 0 aliphatic heterocycles. The van der Waals surface area contributed by atoms with E-state index in [4.69, 9.17) is 6.42 Å². The summed E-state index contributed by atoms with van der Waals surface area (Å²) in [6, 6.07) is 0. The van der Waals surface area contributed by atoms with E-state index in [-0.39, 0.29) is 11.6 Å². The van der Waals surface area contributed by atoms with E-state index in [0.717, 1.165) is 16.5 Å². The maximum absolute atomic E-state index is 12.2. The van der Waals surface area contributed by atoms with Crippen molar-refractivity contribution in [2.24, 2.45) is 0 Å². The zero-order chi connectivity index (χ0) is 13.8. The fourth-order valence-corrected chi connectivity index (χ4v) is 2.70. The highest BCUT2D eigenvalue weighted by atomic mass is 32.2. The molecule has 0 saturated carbocycles. The van der Waals surface area contributed by atoms with Crippen LogP contribution in [0.5, 0.6) is 0 Å². The summed E-state index contributed by atoms with van der Waals surface area (Å²) in [7, 11) is -2.19. The Morgan fingerprint density at radius 2 is 2.22 bits per heavy atom. The van der Waals surface area contributed by atoms with Gasteiger partial charge in [-0.3, -0.25) is 5.10 Å². The van der Waals surface area contributed by atoms with Gasteiger partial charge in [-0.05, 0) is 13.5 Å². The Labute approximate surface area is 108 Å². The SMILES string of the molecule is C#CCN(C)S(=O)(=O)c1n[nH]c(C)c1CNCC. The number of aromatic nitrogens is 2. The molecule has 0 aromatic carbocycles. The second-order valence-corrected chi connectivity index (χ2v) is 5.84. The van der Waals surface area contributed by atoms with Gasteiger partial charge in [0.05, 0.1) is 6.54 Å². The topological polar surface area (TPSA) is 78.1 Å². The minimum absolute atomic E-state index is 0.0227. The number of hydrogen-bond acceptors (Lipinski definition) is 4. The number of rotatable bonds is 6. The summed E-state index contributed by atoms with van der Waals surface area (Å²) in [6.45, 7) is 4.98. The third kappa shape index (κ3) is 2.90. The molecule has 6 nitrogen and oxygen atoms in total. The van der Waals surface area contributed by atoms with Gasteiger partial charge in [0.1, 0.15) is 0 Å². The Balaban J connectivity index is 3.13. The van der Waals surface area contributed by atoms with E-state index in [1.807, 2.05) is 6.92 Å². The molecule has 1 aromatic heterocycles. The molecule has 0 bridgehead atoms. The molecule has 0 atom stereocenters. The van der Waals surface area contributed by atoms with E-state index >= 15 is 0 Å². The van der Waals surface area contributed by atoms with Gasteiger partial charge in [-0.15, -0.1) is 6.42 Å². The van der Waals surface area contributed by atoms with E-state index in [2.05, 4.69) is 21.4 Å². The molecule has 0 radical (unpaired) electrons. The molecule has 18 heavy (non-hydrogen) atoms. The summed E-state index contributed by atoms with van der Waals surface area (Å²) in [5.41, 5.74) is 1.39. The number of terminal acetylenes is 1. The number of nitrogens with one attached hydrogen (secondary N) is 2. The van der Waals surface area contributed by atoms with Gasteiger partial charge >= 0.3 is 0 Å². The van der Waals surface area contributed by atoms with Crippen LogP contribution in [0.3, 0.4) is 0 Å². The maximum atomic E-state index is 12.2. The van der Waals surface area contributed by atoms with Crippen LogP contribution in [0.25, 0.3) is 0 Å². The molecule has 2 N–H and O–H groups in total. The quantitative estimate of drug-likeness (QED) is 0.718. The molecule has 0 unspecified atom stereocenters. The Bertz CT molecular complexity index is 542. The molecular weight excluding hydrogens is 252 g/mol. The monoisotopic (exact) mass is 270 g/mol. The Kier molecular flexibility index (Phi) is 4.90. The van der Waals surface area contributed by atoms with Crippen LogP contribution in [0.15, 0.2) is 5.03 Å². The van der Waals surface area contributed by atoms with E-state index in [1.165, 1.54) is 7.05 Å². The first-order valence-electron chi connectivity index (χ1n) is 5.59. The lowest BCUT2D eigenvalue weighted by Crippen LogP contribution is -2.29. The number of hydrogen-bond donors (Lipinski definition) is 2. The predicted molar refractivity (Wildman–Crippen MR) is 69.4 cm³/mol. The largest absolute Gasteiger partial charge is 0.313 e. The highest BCUT2D eigenvalue weighted by Crippen LogP contribution is 2.19. The van der Waals surface area contributed by atoms with Gasteiger partial charge in [-0.25, -0.2) is 8.42 Å². The number of sulfonamides is 1. The van der Waals surface area contributed by atoms with Crippen molar-refractivity contribution in [1.29, 1.82) is 0 Å². The van der Waals surface area contributed by atoms with E-state index in [9.17, 15) is 8.42 Å². The smallest absolute Gasteiger partial charge is 0.263 e. The van der Waals surface area contributed by atoms with Crippen LogP contribution in [0, 0.1) is 19.3 Å². The third-order valence-corrected chi connectivity index (χ3v) is 4.33. The fourth-order valence-electron chi connectivity index (χ4n) is 1.46. The van der Waals surface area contributed by atoms with Crippen LogP contribution in [-0.4, -0.2) is 43.1 Å². The van der Waals surface area contributed by atoms with Crippen molar-refractivity contribution < 1.29 is 8.42 Å². The van der Waals surface area contributed by atoms with Crippen molar-refractivity contribution in [3.05, 3.63) is 11.3 Å². The number of H-pyrrole nitrogens is 1. The van der Waals surface area contributed by atoms with Crippen molar-refractivity contribution >= 4 is 10.0 Å². The van der Waals surface area contributed by atoms with Gasteiger partial charge in [0.25, 0.3) is 10.0 Å². The summed E-state index contributed by atoms with van der Waals surface area (Å²) in [5.74, 6) is 2.31. The summed E-state index contributed by atoms with van der Waals surface area (Å²) in [6.07, 6.45) is 5.13. The van der Waals surface area contributed by atoms with Crippen LogP contribution >= 0.6 is 0 Å². The average molecular weight is 270 g/mol. The molecule has 1 heterocycles. The van der Waals surface area contributed by atoms with Gasteiger partial charge in [-0.1, -0.05) is 12.8 Å². The van der Waals surface area contributed by atoms with E-state index < -0.39 is 10.0 Å². The third-order valence-electron chi connectivity index (χ3n) is 2.56. The van der Waals surface area contributed by atoms with Crippen LogP contribution in [0.2, 0.25) is 0 Å². The lowest BCUT2D eigenvalue weighted by molar-refractivity contribution is 0.497.